The van der Waals surface area contributed by atoms with E-state index in [4.69, 9.17) is 0 Å². The smallest absolute Gasteiger partial charge is 0.243 e. The zero-order chi connectivity index (χ0) is 22.9. The number of sulfonamides is 2. The Labute approximate surface area is 191 Å². The van der Waals surface area contributed by atoms with Crippen molar-refractivity contribution in [2.45, 2.75) is 31.1 Å². The van der Waals surface area contributed by atoms with Crippen LogP contribution in [-0.4, -0.2) is 106 Å². The molecule has 11 heteroatoms. The minimum Gasteiger partial charge on any atom is -0.339 e. The summed E-state index contributed by atoms with van der Waals surface area (Å²) in [5, 5.41) is 0. The highest BCUT2D eigenvalue weighted by atomic mass is 32.2. The Balaban J connectivity index is 1.29. The minimum absolute atomic E-state index is 0.0358. The summed E-state index contributed by atoms with van der Waals surface area (Å²) < 4.78 is 53.1. The third-order valence-corrected chi connectivity index (χ3v) is 10.5. The van der Waals surface area contributed by atoms with Crippen LogP contribution in [0, 0.1) is 0 Å². The van der Waals surface area contributed by atoms with Crippen molar-refractivity contribution >= 4 is 26.0 Å². The number of amides is 1. The molecule has 1 aromatic carbocycles. The van der Waals surface area contributed by atoms with Crippen molar-refractivity contribution in [2.75, 3.05) is 64.7 Å². The van der Waals surface area contributed by atoms with Gasteiger partial charge in [-0.3, -0.25) is 9.69 Å². The first-order chi connectivity index (χ1) is 15.2. The summed E-state index contributed by atoms with van der Waals surface area (Å²) in [4.78, 5) is 16.8. The van der Waals surface area contributed by atoms with E-state index in [1.54, 1.807) is 17.9 Å². The van der Waals surface area contributed by atoms with Gasteiger partial charge in [0.1, 0.15) is 0 Å². The number of fused-ring (bicyclic) bond motifs is 1. The lowest BCUT2D eigenvalue weighted by Crippen LogP contribution is -2.55. The van der Waals surface area contributed by atoms with Gasteiger partial charge in [-0.05, 0) is 49.4 Å². The molecule has 0 atom stereocenters. The van der Waals surface area contributed by atoms with Crippen molar-refractivity contribution < 1.29 is 21.6 Å². The molecule has 1 amide bonds. The van der Waals surface area contributed by atoms with Crippen molar-refractivity contribution in [2.24, 2.45) is 0 Å². The Morgan fingerprint density at radius 1 is 0.844 bits per heavy atom. The lowest BCUT2D eigenvalue weighted by Gasteiger charge is -2.37. The van der Waals surface area contributed by atoms with Crippen LogP contribution in [0.1, 0.15) is 24.5 Å². The van der Waals surface area contributed by atoms with E-state index in [0.29, 0.717) is 44.2 Å². The predicted octanol–water partition coefficient (Wildman–Crippen LogP) is -0.0245. The molecule has 3 aliphatic rings. The molecular formula is C21H32N4O5S2. The van der Waals surface area contributed by atoms with E-state index < -0.39 is 20.0 Å². The lowest BCUT2D eigenvalue weighted by molar-refractivity contribution is -0.133. The molecule has 1 aromatic rings. The van der Waals surface area contributed by atoms with Crippen molar-refractivity contribution in [3.63, 3.8) is 0 Å². The van der Waals surface area contributed by atoms with Gasteiger partial charge in [0, 0.05) is 52.4 Å². The molecule has 0 unspecified atom stereocenters. The van der Waals surface area contributed by atoms with Crippen LogP contribution in [0.2, 0.25) is 0 Å². The van der Waals surface area contributed by atoms with Gasteiger partial charge in [-0.2, -0.15) is 8.61 Å². The van der Waals surface area contributed by atoms with Crippen LogP contribution in [-0.2, 0) is 37.7 Å². The van der Waals surface area contributed by atoms with Gasteiger partial charge in [0.25, 0.3) is 0 Å². The van der Waals surface area contributed by atoms with E-state index in [0.717, 1.165) is 24.8 Å². The largest absolute Gasteiger partial charge is 0.339 e. The average molecular weight is 485 g/mol. The molecule has 32 heavy (non-hydrogen) atoms. The van der Waals surface area contributed by atoms with Gasteiger partial charge >= 0.3 is 0 Å². The van der Waals surface area contributed by atoms with Crippen LogP contribution in [0.15, 0.2) is 23.1 Å². The summed E-state index contributed by atoms with van der Waals surface area (Å²) in [6.45, 7) is 5.02. The van der Waals surface area contributed by atoms with Crippen LogP contribution < -0.4 is 0 Å². The molecule has 2 aliphatic heterocycles. The van der Waals surface area contributed by atoms with E-state index in [1.807, 2.05) is 17.0 Å². The minimum atomic E-state index is -3.56. The number of hydrogen-bond donors (Lipinski definition) is 0. The van der Waals surface area contributed by atoms with Gasteiger partial charge in [0.2, 0.25) is 26.0 Å². The van der Waals surface area contributed by atoms with Gasteiger partial charge in [0.05, 0.1) is 17.2 Å². The molecule has 2 fully saturated rings. The van der Waals surface area contributed by atoms with E-state index in [-0.39, 0.29) is 31.3 Å². The quantitative estimate of drug-likeness (QED) is 0.563. The zero-order valence-corrected chi connectivity index (χ0v) is 20.2. The van der Waals surface area contributed by atoms with Gasteiger partial charge in [0.15, 0.2) is 0 Å². The average Bonchev–Trinajstić information content (AvgIpc) is 3.27. The second-order valence-electron chi connectivity index (χ2n) is 8.64. The normalized spacial score (nSPS) is 21.6. The summed E-state index contributed by atoms with van der Waals surface area (Å²) in [6.07, 6.45) is 3.02. The van der Waals surface area contributed by atoms with E-state index in [9.17, 15) is 21.6 Å². The molecule has 2 saturated heterocycles. The van der Waals surface area contributed by atoms with Crippen molar-refractivity contribution in [3.8, 4) is 0 Å². The Hall–Kier alpha value is -1.53. The first kappa shape index (κ1) is 23.6. The SMILES string of the molecule is CCS(=O)(=O)N1CCN(CC(=O)N2CCN(S(=O)(=O)c3ccc4c(c3)CCC4)CC2)CC1. The van der Waals surface area contributed by atoms with Gasteiger partial charge in [-0.1, -0.05) is 6.07 Å². The fraction of sp³-hybridized carbons (Fsp3) is 0.667. The third-order valence-electron chi connectivity index (χ3n) is 6.75. The number of carbonyl (C=O) groups is 1. The van der Waals surface area contributed by atoms with Gasteiger partial charge in [-0.25, -0.2) is 16.8 Å². The molecule has 4 rings (SSSR count). The molecule has 0 bridgehead atoms. The Bertz CT molecular complexity index is 1060. The first-order valence-electron chi connectivity index (χ1n) is 11.3. The summed E-state index contributed by atoms with van der Waals surface area (Å²) in [6, 6.07) is 5.45. The van der Waals surface area contributed by atoms with Gasteiger partial charge in [-0.15, -0.1) is 0 Å². The van der Waals surface area contributed by atoms with Crippen LogP contribution in [0.5, 0.6) is 0 Å². The number of rotatable bonds is 6. The van der Waals surface area contributed by atoms with Crippen molar-refractivity contribution in [1.82, 2.24) is 18.4 Å². The second kappa shape index (κ2) is 9.38. The molecule has 9 nitrogen and oxygen atoms in total. The lowest BCUT2D eigenvalue weighted by atomic mass is 10.1. The molecule has 1 aliphatic carbocycles. The molecular weight excluding hydrogens is 452 g/mol. The Morgan fingerprint density at radius 2 is 1.47 bits per heavy atom. The van der Waals surface area contributed by atoms with E-state index in [1.165, 1.54) is 14.2 Å². The number of aryl methyl sites for hydroxylation is 2. The fourth-order valence-corrected chi connectivity index (χ4v) is 7.23. The van der Waals surface area contributed by atoms with Crippen LogP contribution in [0.25, 0.3) is 0 Å². The standard InChI is InChI=1S/C21H32N4O5S2/c1-2-31(27,28)24-12-8-22(9-13-24)17-21(26)23-10-14-25(15-11-23)32(29,30)20-7-6-18-4-3-5-19(18)16-20/h6-7,16H,2-5,8-15,17H2,1H3. The highest BCUT2D eigenvalue weighted by molar-refractivity contribution is 7.89. The Morgan fingerprint density at radius 3 is 2.12 bits per heavy atom. The summed E-state index contributed by atoms with van der Waals surface area (Å²) >= 11 is 0. The number of hydrogen-bond acceptors (Lipinski definition) is 6. The summed E-state index contributed by atoms with van der Waals surface area (Å²) in [5.41, 5.74) is 2.37. The van der Waals surface area contributed by atoms with Gasteiger partial charge < -0.3 is 4.90 Å². The van der Waals surface area contributed by atoms with Crippen molar-refractivity contribution in [1.29, 1.82) is 0 Å². The number of benzene rings is 1. The van der Waals surface area contributed by atoms with E-state index in [2.05, 4.69) is 0 Å². The van der Waals surface area contributed by atoms with Crippen LogP contribution in [0.3, 0.4) is 0 Å². The maximum Gasteiger partial charge on any atom is 0.243 e. The maximum atomic E-state index is 13.1. The van der Waals surface area contributed by atoms with Crippen molar-refractivity contribution in [3.05, 3.63) is 29.3 Å². The number of nitrogens with zero attached hydrogens (tertiary/aromatic N) is 4. The molecule has 2 heterocycles. The predicted molar refractivity (Wildman–Crippen MR) is 121 cm³/mol. The molecule has 0 spiro atoms. The molecule has 0 saturated carbocycles. The topological polar surface area (TPSA) is 98.3 Å². The molecule has 0 radical (unpaired) electrons. The molecule has 178 valence electrons. The summed E-state index contributed by atoms with van der Waals surface area (Å²) in [5.74, 6) is 0.0521. The fourth-order valence-electron chi connectivity index (χ4n) is 4.68. The Kier molecular flexibility index (Phi) is 6.92. The molecule has 0 N–H and O–H groups in total. The summed E-state index contributed by atoms with van der Waals surface area (Å²) in [7, 11) is -6.75. The highest BCUT2D eigenvalue weighted by Crippen LogP contribution is 2.26. The number of carbonyl (C=O) groups excluding carboxylic acids is 1. The third kappa shape index (κ3) is 4.86. The second-order valence-corrected chi connectivity index (χ2v) is 12.8. The monoisotopic (exact) mass is 484 g/mol. The van der Waals surface area contributed by atoms with E-state index >= 15 is 0 Å². The zero-order valence-electron chi connectivity index (χ0n) is 18.6. The van der Waals surface area contributed by atoms with Crippen LogP contribution >= 0.6 is 0 Å². The van der Waals surface area contributed by atoms with Crippen LogP contribution in [0.4, 0.5) is 0 Å². The molecule has 0 aromatic heterocycles. The number of piperazine rings is 2. The maximum absolute atomic E-state index is 13.1. The highest BCUT2D eigenvalue weighted by Gasteiger charge is 2.32. The first-order valence-corrected chi connectivity index (χ1v) is 14.4.